The molecule has 0 fully saturated rings. The summed E-state index contributed by atoms with van der Waals surface area (Å²) in [6.45, 7) is 1.80. The summed E-state index contributed by atoms with van der Waals surface area (Å²) in [7, 11) is 0. The van der Waals surface area contributed by atoms with Gasteiger partial charge in [-0.3, -0.25) is 0 Å². The molecule has 13 heavy (non-hydrogen) atoms. The second kappa shape index (κ2) is 3.66. The Labute approximate surface area is 80.6 Å². The second-order valence-corrected chi connectivity index (χ2v) is 2.96. The van der Waals surface area contributed by atoms with Crippen molar-refractivity contribution in [2.45, 2.75) is 13.3 Å². The molecule has 0 spiro atoms. The summed E-state index contributed by atoms with van der Waals surface area (Å²) in [6, 6.07) is 2.63. The minimum Gasteiger partial charge on any atom is -0.508 e. The number of aromatic hydroxyl groups is 1. The topological polar surface area (TPSA) is 57.5 Å². The standard InChI is InChI=1S/C9H9ClO3/c1-2-5-7(11)4-3-6(8(5)10)9(12)13/h3-4,11H,2H2,1H3,(H,12,13). The molecule has 0 radical (unpaired) electrons. The molecule has 0 unspecified atom stereocenters. The van der Waals surface area contributed by atoms with Crippen LogP contribution >= 0.6 is 11.6 Å². The molecule has 1 aromatic rings. The highest BCUT2D eigenvalue weighted by Crippen LogP contribution is 2.29. The number of carbonyl (C=O) groups is 1. The van der Waals surface area contributed by atoms with Gasteiger partial charge in [-0.15, -0.1) is 0 Å². The van der Waals surface area contributed by atoms with Gasteiger partial charge in [0, 0.05) is 5.56 Å². The van der Waals surface area contributed by atoms with Gasteiger partial charge in [0.2, 0.25) is 0 Å². The van der Waals surface area contributed by atoms with Crippen LogP contribution in [-0.2, 0) is 6.42 Å². The van der Waals surface area contributed by atoms with Crippen LogP contribution in [0.5, 0.6) is 5.75 Å². The van der Waals surface area contributed by atoms with E-state index in [0.717, 1.165) is 0 Å². The number of hydrogen-bond acceptors (Lipinski definition) is 2. The molecule has 2 N–H and O–H groups in total. The van der Waals surface area contributed by atoms with Crippen molar-refractivity contribution in [2.24, 2.45) is 0 Å². The molecular formula is C9H9ClO3. The first-order valence-electron chi connectivity index (χ1n) is 3.81. The SMILES string of the molecule is CCc1c(O)ccc(C(=O)O)c1Cl. The lowest BCUT2D eigenvalue weighted by molar-refractivity contribution is 0.0697. The summed E-state index contributed by atoms with van der Waals surface area (Å²) in [5.74, 6) is -1.04. The fourth-order valence-corrected chi connectivity index (χ4v) is 1.49. The number of halogens is 1. The molecule has 0 aromatic heterocycles. The summed E-state index contributed by atoms with van der Waals surface area (Å²) < 4.78 is 0. The van der Waals surface area contributed by atoms with Crippen molar-refractivity contribution < 1.29 is 15.0 Å². The van der Waals surface area contributed by atoms with Gasteiger partial charge in [-0.05, 0) is 18.6 Å². The maximum atomic E-state index is 10.6. The molecule has 70 valence electrons. The first kappa shape index (κ1) is 9.86. The minimum absolute atomic E-state index is 0.0244. The number of phenols is 1. The lowest BCUT2D eigenvalue weighted by Crippen LogP contribution is -1.99. The quantitative estimate of drug-likeness (QED) is 0.770. The zero-order valence-electron chi connectivity index (χ0n) is 7.04. The average molecular weight is 201 g/mol. The molecule has 0 heterocycles. The van der Waals surface area contributed by atoms with Crippen LogP contribution in [0.3, 0.4) is 0 Å². The Balaban J connectivity index is 3.35. The van der Waals surface area contributed by atoms with Gasteiger partial charge in [0.05, 0.1) is 10.6 Å². The molecule has 0 atom stereocenters. The highest BCUT2D eigenvalue weighted by molar-refractivity contribution is 6.34. The van der Waals surface area contributed by atoms with Gasteiger partial charge in [-0.1, -0.05) is 18.5 Å². The number of benzene rings is 1. The van der Waals surface area contributed by atoms with Crippen molar-refractivity contribution in [3.8, 4) is 5.75 Å². The number of carboxylic acids is 1. The zero-order chi connectivity index (χ0) is 10.0. The van der Waals surface area contributed by atoms with Crippen LogP contribution in [0.25, 0.3) is 0 Å². The summed E-state index contributed by atoms with van der Waals surface area (Å²) >= 11 is 5.77. The van der Waals surface area contributed by atoms with E-state index in [-0.39, 0.29) is 16.3 Å². The highest BCUT2D eigenvalue weighted by Gasteiger charge is 2.14. The van der Waals surface area contributed by atoms with Crippen molar-refractivity contribution in [2.75, 3.05) is 0 Å². The predicted octanol–water partition coefficient (Wildman–Crippen LogP) is 2.31. The van der Waals surface area contributed by atoms with E-state index in [1.807, 2.05) is 0 Å². The molecule has 0 aliphatic rings. The van der Waals surface area contributed by atoms with Crippen molar-refractivity contribution in [3.05, 3.63) is 28.3 Å². The van der Waals surface area contributed by atoms with Crippen LogP contribution < -0.4 is 0 Å². The van der Waals surface area contributed by atoms with Crippen LogP contribution in [0.1, 0.15) is 22.8 Å². The van der Waals surface area contributed by atoms with E-state index in [4.69, 9.17) is 16.7 Å². The molecule has 1 aromatic carbocycles. The molecule has 0 saturated heterocycles. The molecule has 0 saturated carbocycles. The van der Waals surface area contributed by atoms with Gasteiger partial charge in [0.25, 0.3) is 0 Å². The van der Waals surface area contributed by atoms with E-state index in [0.29, 0.717) is 12.0 Å². The van der Waals surface area contributed by atoms with E-state index < -0.39 is 5.97 Å². The van der Waals surface area contributed by atoms with Gasteiger partial charge in [0.15, 0.2) is 0 Å². The first-order valence-corrected chi connectivity index (χ1v) is 4.19. The molecule has 3 nitrogen and oxygen atoms in total. The third-order valence-electron chi connectivity index (χ3n) is 1.80. The maximum absolute atomic E-state index is 10.6. The number of aromatic carboxylic acids is 1. The Bertz CT molecular complexity index is 347. The van der Waals surface area contributed by atoms with Crippen molar-refractivity contribution in [1.82, 2.24) is 0 Å². The first-order chi connectivity index (χ1) is 6.07. The maximum Gasteiger partial charge on any atom is 0.337 e. The van der Waals surface area contributed by atoms with Gasteiger partial charge in [0.1, 0.15) is 5.75 Å². The summed E-state index contributed by atoms with van der Waals surface area (Å²) in [6.07, 6.45) is 0.506. The van der Waals surface area contributed by atoms with Crippen LogP contribution in [0.4, 0.5) is 0 Å². The van der Waals surface area contributed by atoms with Crippen LogP contribution in [-0.4, -0.2) is 16.2 Å². The molecule has 0 amide bonds. The minimum atomic E-state index is -1.08. The number of phenolic OH excluding ortho intramolecular Hbond substituents is 1. The van der Waals surface area contributed by atoms with E-state index in [1.165, 1.54) is 12.1 Å². The number of carboxylic acid groups (broad SMARTS) is 1. The van der Waals surface area contributed by atoms with Crippen LogP contribution in [0, 0.1) is 0 Å². The Morgan fingerprint density at radius 3 is 2.62 bits per heavy atom. The van der Waals surface area contributed by atoms with E-state index >= 15 is 0 Å². The Kier molecular flexibility index (Phi) is 2.78. The van der Waals surface area contributed by atoms with Gasteiger partial charge in [-0.25, -0.2) is 4.79 Å². The molecule has 0 aliphatic carbocycles. The third-order valence-corrected chi connectivity index (χ3v) is 2.23. The number of hydrogen-bond donors (Lipinski definition) is 2. The summed E-state index contributed by atoms with van der Waals surface area (Å²) in [5.41, 5.74) is 0.498. The van der Waals surface area contributed by atoms with E-state index in [2.05, 4.69) is 0 Å². The Hall–Kier alpha value is -1.22. The van der Waals surface area contributed by atoms with Gasteiger partial charge < -0.3 is 10.2 Å². The zero-order valence-corrected chi connectivity index (χ0v) is 7.80. The van der Waals surface area contributed by atoms with Crippen molar-refractivity contribution >= 4 is 17.6 Å². The third kappa shape index (κ3) is 1.75. The Morgan fingerprint density at radius 2 is 2.15 bits per heavy atom. The highest BCUT2D eigenvalue weighted by atomic mass is 35.5. The Morgan fingerprint density at radius 1 is 1.54 bits per heavy atom. The normalized spacial score (nSPS) is 10.0. The van der Waals surface area contributed by atoms with Gasteiger partial charge in [-0.2, -0.15) is 0 Å². The molecule has 0 bridgehead atoms. The molecular weight excluding hydrogens is 192 g/mol. The van der Waals surface area contributed by atoms with Crippen molar-refractivity contribution in [3.63, 3.8) is 0 Å². The smallest absolute Gasteiger partial charge is 0.337 e. The van der Waals surface area contributed by atoms with E-state index in [1.54, 1.807) is 6.92 Å². The predicted molar refractivity (Wildman–Crippen MR) is 49.5 cm³/mol. The molecule has 4 heteroatoms. The average Bonchev–Trinajstić information content (AvgIpc) is 2.04. The fourth-order valence-electron chi connectivity index (χ4n) is 1.11. The lowest BCUT2D eigenvalue weighted by atomic mass is 10.1. The van der Waals surface area contributed by atoms with E-state index in [9.17, 15) is 9.90 Å². The van der Waals surface area contributed by atoms with Gasteiger partial charge >= 0.3 is 5.97 Å². The second-order valence-electron chi connectivity index (χ2n) is 2.58. The fraction of sp³-hybridized carbons (Fsp3) is 0.222. The number of rotatable bonds is 2. The monoisotopic (exact) mass is 200 g/mol. The van der Waals surface area contributed by atoms with Crippen LogP contribution in [0.2, 0.25) is 5.02 Å². The molecule has 0 aliphatic heterocycles. The van der Waals surface area contributed by atoms with Crippen LogP contribution in [0.15, 0.2) is 12.1 Å². The van der Waals surface area contributed by atoms with Crippen molar-refractivity contribution in [1.29, 1.82) is 0 Å². The largest absolute Gasteiger partial charge is 0.508 e. The molecule has 1 rings (SSSR count). The summed E-state index contributed by atoms with van der Waals surface area (Å²) in [4.78, 5) is 10.6. The lowest BCUT2D eigenvalue weighted by Gasteiger charge is -2.06. The summed E-state index contributed by atoms with van der Waals surface area (Å²) in [5, 5.41) is 18.2.